The van der Waals surface area contributed by atoms with Crippen LogP contribution in [-0.4, -0.2) is 24.6 Å². The molecule has 0 saturated heterocycles. The summed E-state index contributed by atoms with van der Waals surface area (Å²) in [5, 5.41) is 0. The number of unbranched alkanes of at least 4 members (excludes halogenated alkanes) is 10. The van der Waals surface area contributed by atoms with E-state index in [1.165, 1.54) is 83.2 Å². The maximum absolute atomic E-state index is 2.52. The SMILES string of the molecule is CCCCCCCC[PH](CC)(CCCCCCCC)CC(C)C. The van der Waals surface area contributed by atoms with Crippen molar-refractivity contribution in [1.29, 1.82) is 0 Å². The molecule has 0 unspecified atom stereocenters. The van der Waals surface area contributed by atoms with Crippen LogP contribution in [0.25, 0.3) is 0 Å². The predicted octanol–water partition coefficient (Wildman–Crippen LogP) is 8.13. The fourth-order valence-corrected chi connectivity index (χ4v) is 9.64. The van der Waals surface area contributed by atoms with Crippen LogP contribution in [0.5, 0.6) is 0 Å². The summed E-state index contributed by atoms with van der Waals surface area (Å²) < 4.78 is 0. The Hall–Kier alpha value is 0.430. The van der Waals surface area contributed by atoms with Crippen LogP contribution in [0.15, 0.2) is 0 Å². The summed E-state index contributed by atoms with van der Waals surface area (Å²) in [5.41, 5.74) is 0. The molecule has 0 aliphatic carbocycles. The van der Waals surface area contributed by atoms with Gasteiger partial charge in [0.15, 0.2) is 0 Å². The van der Waals surface area contributed by atoms with Crippen molar-refractivity contribution >= 4 is 7.26 Å². The quantitative estimate of drug-likeness (QED) is 0.184. The van der Waals surface area contributed by atoms with Crippen molar-refractivity contribution in [2.24, 2.45) is 5.92 Å². The first-order chi connectivity index (χ1) is 11.1. The van der Waals surface area contributed by atoms with Crippen molar-refractivity contribution in [3.8, 4) is 0 Å². The van der Waals surface area contributed by atoms with E-state index in [9.17, 15) is 0 Å². The van der Waals surface area contributed by atoms with Crippen molar-refractivity contribution in [3.05, 3.63) is 0 Å². The average Bonchev–Trinajstić information content (AvgIpc) is 2.53. The second kappa shape index (κ2) is 15.9. The van der Waals surface area contributed by atoms with Gasteiger partial charge in [-0.2, -0.15) is 0 Å². The molecule has 0 heterocycles. The van der Waals surface area contributed by atoms with Gasteiger partial charge in [-0.1, -0.05) is 0 Å². The Bertz CT molecular complexity index is 218. The van der Waals surface area contributed by atoms with E-state index in [1.54, 1.807) is 18.5 Å². The zero-order valence-corrected chi connectivity index (χ0v) is 18.4. The molecule has 0 radical (unpaired) electrons. The van der Waals surface area contributed by atoms with Gasteiger partial charge in [0.1, 0.15) is 0 Å². The molecule has 0 N–H and O–H groups in total. The fourth-order valence-electron chi connectivity index (χ4n) is 4.25. The van der Waals surface area contributed by atoms with Gasteiger partial charge in [-0.15, -0.1) is 0 Å². The van der Waals surface area contributed by atoms with Crippen LogP contribution >= 0.6 is 7.26 Å². The number of hydrogen-bond donors (Lipinski definition) is 0. The average molecular weight is 345 g/mol. The Morgan fingerprint density at radius 3 is 1.30 bits per heavy atom. The molecule has 0 spiro atoms. The van der Waals surface area contributed by atoms with Gasteiger partial charge in [-0.05, 0) is 0 Å². The zero-order chi connectivity index (χ0) is 17.4. The van der Waals surface area contributed by atoms with Crippen molar-refractivity contribution in [2.75, 3.05) is 24.6 Å². The van der Waals surface area contributed by atoms with Crippen molar-refractivity contribution < 1.29 is 0 Å². The first-order valence-electron chi connectivity index (χ1n) is 11.1. The topological polar surface area (TPSA) is 0 Å². The van der Waals surface area contributed by atoms with E-state index in [1.807, 2.05) is 0 Å². The first-order valence-corrected chi connectivity index (χ1v) is 13.9. The Balaban J connectivity index is 4.12. The molecular weight excluding hydrogens is 295 g/mol. The van der Waals surface area contributed by atoms with Gasteiger partial charge < -0.3 is 0 Å². The van der Waals surface area contributed by atoms with Gasteiger partial charge in [-0.25, -0.2) is 0 Å². The van der Waals surface area contributed by atoms with E-state index in [2.05, 4.69) is 34.6 Å². The molecule has 0 aliphatic rings. The van der Waals surface area contributed by atoms with Crippen LogP contribution in [0.2, 0.25) is 0 Å². The van der Waals surface area contributed by atoms with Crippen LogP contribution in [0.3, 0.4) is 0 Å². The molecule has 0 bridgehead atoms. The molecule has 0 aliphatic heterocycles. The van der Waals surface area contributed by atoms with Crippen LogP contribution in [0, 0.1) is 5.92 Å². The summed E-state index contributed by atoms with van der Waals surface area (Å²) in [6.07, 6.45) is 24.0. The molecule has 142 valence electrons. The molecule has 0 aromatic rings. The summed E-state index contributed by atoms with van der Waals surface area (Å²) in [7, 11) is -0.970. The Kier molecular flexibility index (Phi) is 16.2. The maximum atomic E-state index is 2.52. The standard InChI is InChI=1S/C22H49P/c1-6-9-11-13-15-17-19-23(8-3,21-22(4)5)20-18-16-14-12-10-7-2/h22-23H,6-21H2,1-5H3. The van der Waals surface area contributed by atoms with Gasteiger partial charge in [0.25, 0.3) is 0 Å². The second-order valence-corrected chi connectivity index (χ2v) is 13.6. The van der Waals surface area contributed by atoms with Crippen molar-refractivity contribution in [1.82, 2.24) is 0 Å². The van der Waals surface area contributed by atoms with E-state index in [-0.39, 0.29) is 0 Å². The third-order valence-electron chi connectivity index (χ3n) is 5.71. The van der Waals surface area contributed by atoms with Gasteiger partial charge >= 0.3 is 149 Å². The summed E-state index contributed by atoms with van der Waals surface area (Å²) in [6.45, 7) is 12.1. The summed E-state index contributed by atoms with van der Waals surface area (Å²) in [6, 6.07) is 0. The molecule has 0 aromatic carbocycles. The van der Waals surface area contributed by atoms with Crippen molar-refractivity contribution in [2.45, 2.75) is 112 Å². The van der Waals surface area contributed by atoms with E-state index >= 15 is 0 Å². The van der Waals surface area contributed by atoms with E-state index in [0.29, 0.717) is 0 Å². The van der Waals surface area contributed by atoms with Crippen LogP contribution in [0.1, 0.15) is 112 Å². The zero-order valence-electron chi connectivity index (χ0n) is 17.4. The molecule has 1 heteroatoms. The fraction of sp³-hybridized carbons (Fsp3) is 1.00. The predicted molar refractivity (Wildman–Crippen MR) is 115 cm³/mol. The van der Waals surface area contributed by atoms with E-state index in [0.717, 1.165) is 5.92 Å². The van der Waals surface area contributed by atoms with Gasteiger partial charge in [0.2, 0.25) is 0 Å². The van der Waals surface area contributed by atoms with Crippen LogP contribution in [0.4, 0.5) is 0 Å². The van der Waals surface area contributed by atoms with E-state index < -0.39 is 7.26 Å². The Morgan fingerprint density at radius 1 is 0.565 bits per heavy atom. The first kappa shape index (κ1) is 23.4. The minimum atomic E-state index is -0.970. The monoisotopic (exact) mass is 344 g/mol. The van der Waals surface area contributed by atoms with Gasteiger partial charge in [-0.3, -0.25) is 0 Å². The molecule has 23 heavy (non-hydrogen) atoms. The van der Waals surface area contributed by atoms with Crippen LogP contribution in [-0.2, 0) is 0 Å². The molecule has 0 nitrogen and oxygen atoms in total. The Morgan fingerprint density at radius 2 is 0.957 bits per heavy atom. The normalized spacial score (nSPS) is 13.0. The van der Waals surface area contributed by atoms with Gasteiger partial charge in [0.05, 0.1) is 0 Å². The molecule has 0 amide bonds. The third kappa shape index (κ3) is 13.4. The minimum absolute atomic E-state index is 0.918. The molecule has 0 rings (SSSR count). The van der Waals surface area contributed by atoms with E-state index in [4.69, 9.17) is 0 Å². The van der Waals surface area contributed by atoms with Crippen LogP contribution < -0.4 is 0 Å². The third-order valence-corrected chi connectivity index (χ3v) is 11.7. The number of rotatable bonds is 17. The summed E-state index contributed by atoms with van der Waals surface area (Å²) in [4.78, 5) is 0. The van der Waals surface area contributed by atoms with Gasteiger partial charge in [0, 0.05) is 0 Å². The molecule has 0 aromatic heterocycles. The summed E-state index contributed by atoms with van der Waals surface area (Å²) in [5.74, 6) is 0.918. The second-order valence-electron chi connectivity index (χ2n) is 8.49. The van der Waals surface area contributed by atoms with Crippen molar-refractivity contribution in [3.63, 3.8) is 0 Å². The Labute approximate surface area is 149 Å². The number of hydrogen-bond acceptors (Lipinski definition) is 0. The molecular formula is C22H49P. The summed E-state index contributed by atoms with van der Waals surface area (Å²) >= 11 is 0. The molecule has 0 atom stereocenters. The molecule has 0 fully saturated rings. The molecule has 0 saturated carbocycles.